The topological polar surface area (TPSA) is 88.9 Å². The minimum Gasteiger partial charge on any atom is -0.463 e. The number of carbonyl (C=O) groups excluding carboxylic acids is 2. The van der Waals surface area contributed by atoms with Crippen molar-refractivity contribution in [1.29, 1.82) is 5.26 Å². The summed E-state index contributed by atoms with van der Waals surface area (Å²) >= 11 is 0. The summed E-state index contributed by atoms with van der Waals surface area (Å²) in [5.74, 6) is 0.867. The minimum atomic E-state index is -1.43. The number of allylic oxidation sites excluding steroid dienone is 1. The van der Waals surface area contributed by atoms with Gasteiger partial charge in [-0.25, -0.2) is 4.79 Å². The van der Waals surface area contributed by atoms with Gasteiger partial charge >= 0.3 is 11.9 Å². The lowest BCUT2D eigenvalue weighted by atomic mass is 9.47. The SMILES string of the molecule is CCOC(=O)[C@]1(C#N)O[C@@]12CC[C@H]1[C@H]3CC=C4C[C@H](OC(C)=O)CC[C@]4(C)[C@H]3CC[C@@]12C. The van der Waals surface area contributed by atoms with Gasteiger partial charge in [0.25, 0.3) is 5.60 Å². The highest BCUT2D eigenvalue weighted by atomic mass is 16.7. The van der Waals surface area contributed by atoms with Gasteiger partial charge in [0.15, 0.2) is 0 Å². The lowest BCUT2D eigenvalue weighted by Gasteiger charge is -2.57. The third-order valence-electron chi connectivity index (χ3n) is 10.1. The zero-order valence-corrected chi connectivity index (χ0v) is 19.7. The molecule has 8 atom stereocenters. The van der Waals surface area contributed by atoms with Gasteiger partial charge in [-0.1, -0.05) is 25.5 Å². The van der Waals surface area contributed by atoms with Crippen molar-refractivity contribution in [3.63, 3.8) is 0 Å². The largest absolute Gasteiger partial charge is 0.463 e. The summed E-state index contributed by atoms with van der Waals surface area (Å²) in [5.41, 5.74) is -0.703. The Balaban J connectivity index is 1.41. The molecule has 6 nitrogen and oxygen atoms in total. The minimum absolute atomic E-state index is 0.00710. The molecule has 3 saturated carbocycles. The molecule has 0 amide bonds. The smallest absolute Gasteiger partial charge is 0.356 e. The van der Waals surface area contributed by atoms with Crippen LogP contribution in [0.25, 0.3) is 0 Å². The van der Waals surface area contributed by atoms with E-state index in [-0.39, 0.29) is 29.5 Å². The third kappa shape index (κ3) is 2.61. The highest BCUT2D eigenvalue weighted by Gasteiger charge is 2.86. The zero-order valence-electron chi connectivity index (χ0n) is 19.7. The number of carbonyl (C=O) groups is 2. The number of esters is 2. The van der Waals surface area contributed by atoms with E-state index in [2.05, 4.69) is 26.0 Å². The van der Waals surface area contributed by atoms with Crippen LogP contribution in [0.2, 0.25) is 0 Å². The van der Waals surface area contributed by atoms with E-state index in [0.29, 0.717) is 17.8 Å². The molecule has 0 aromatic carbocycles. The average Bonchev–Trinajstić information content (AvgIpc) is 3.34. The highest BCUT2D eigenvalue weighted by molar-refractivity contribution is 5.89. The van der Waals surface area contributed by atoms with Gasteiger partial charge in [0.2, 0.25) is 0 Å². The molecular formula is C26H35NO5. The van der Waals surface area contributed by atoms with Crippen molar-refractivity contribution < 1.29 is 23.8 Å². The molecule has 0 unspecified atom stereocenters. The molecular weight excluding hydrogens is 406 g/mol. The van der Waals surface area contributed by atoms with Crippen molar-refractivity contribution in [3.8, 4) is 6.07 Å². The third-order valence-corrected chi connectivity index (χ3v) is 10.1. The summed E-state index contributed by atoms with van der Waals surface area (Å²) in [6.45, 7) is 8.20. The van der Waals surface area contributed by atoms with E-state index in [9.17, 15) is 14.9 Å². The first-order chi connectivity index (χ1) is 15.2. The second kappa shape index (κ2) is 7.06. The summed E-state index contributed by atoms with van der Waals surface area (Å²) in [7, 11) is 0. The maximum atomic E-state index is 12.7. The Morgan fingerprint density at radius 1 is 1.19 bits per heavy atom. The fourth-order valence-corrected chi connectivity index (χ4v) is 8.54. The first kappa shape index (κ1) is 21.9. The number of nitriles is 1. The first-order valence-corrected chi connectivity index (χ1v) is 12.3. The number of hydrogen-bond acceptors (Lipinski definition) is 6. The van der Waals surface area contributed by atoms with E-state index in [4.69, 9.17) is 14.2 Å². The summed E-state index contributed by atoms with van der Waals surface area (Å²) in [5, 5.41) is 9.98. The Morgan fingerprint density at radius 2 is 1.94 bits per heavy atom. The fourth-order valence-electron chi connectivity index (χ4n) is 8.54. The fraction of sp³-hybridized carbons (Fsp3) is 0.808. The monoisotopic (exact) mass is 441 g/mol. The zero-order chi connectivity index (χ0) is 22.9. The highest BCUT2D eigenvalue weighted by Crippen LogP contribution is 2.75. The Hall–Kier alpha value is -1.87. The quantitative estimate of drug-likeness (QED) is 0.365. The average molecular weight is 442 g/mol. The number of rotatable bonds is 3. The van der Waals surface area contributed by atoms with Gasteiger partial charge in [-0.05, 0) is 75.0 Å². The van der Waals surface area contributed by atoms with Crippen LogP contribution in [0.3, 0.4) is 0 Å². The van der Waals surface area contributed by atoms with Crippen LogP contribution in [-0.4, -0.2) is 35.9 Å². The Kier molecular flexibility index (Phi) is 4.84. The second-order valence-electron chi connectivity index (χ2n) is 11.2. The summed E-state index contributed by atoms with van der Waals surface area (Å²) in [4.78, 5) is 24.2. The predicted molar refractivity (Wildman–Crippen MR) is 116 cm³/mol. The van der Waals surface area contributed by atoms with Crippen LogP contribution in [0.15, 0.2) is 11.6 Å². The molecule has 0 aromatic rings. The molecule has 32 heavy (non-hydrogen) atoms. The predicted octanol–water partition coefficient (Wildman–Crippen LogP) is 4.48. The second-order valence-corrected chi connectivity index (χ2v) is 11.2. The van der Waals surface area contributed by atoms with E-state index < -0.39 is 17.2 Å². The van der Waals surface area contributed by atoms with E-state index in [0.717, 1.165) is 51.4 Å². The summed E-state index contributed by atoms with van der Waals surface area (Å²) in [6.07, 6.45) is 10.1. The number of epoxide rings is 1. The molecule has 6 heteroatoms. The maximum Gasteiger partial charge on any atom is 0.356 e. The van der Waals surface area contributed by atoms with Crippen LogP contribution in [-0.2, 0) is 23.8 Å². The molecule has 0 radical (unpaired) electrons. The lowest BCUT2D eigenvalue weighted by Crippen LogP contribution is -2.53. The van der Waals surface area contributed by atoms with Gasteiger partial charge in [-0.15, -0.1) is 0 Å². The molecule has 1 heterocycles. The molecule has 174 valence electrons. The molecule has 5 rings (SSSR count). The van der Waals surface area contributed by atoms with E-state index >= 15 is 0 Å². The van der Waals surface area contributed by atoms with Crippen LogP contribution in [0.4, 0.5) is 0 Å². The number of hydrogen-bond donors (Lipinski definition) is 0. The van der Waals surface area contributed by atoms with Crippen LogP contribution in [0.1, 0.15) is 79.1 Å². The Labute approximate surface area is 190 Å². The van der Waals surface area contributed by atoms with Crippen molar-refractivity contribution >= 4 is 11.9 Å². The number of nitrogens with zero attached hydrogens (tertiary/aromatic N) is 1. The normalized spacial score (nSPS) is 48.5. The molecule has 1 spiro atoms. The molecule has 4 aliphatic carbocycles. The van der Waals surface area contributed by atoms with E-state index in [1.807, 2.05) is 0 Å². The Morgan fingerprint density at radius 3 is 2.62 bits per heavy atom. The van der Waals surface area contributed by atoms with Crippen molar-refractivity contribution in [3.05, 3.63) is 11.6 Å². The molecule has 5 aliphatic rings. The maximum absolute atomic E-state index is 12.7. The first-order valence-electron chi connectivity index (χ1n) is 12.3. The molecule has 1 saturated heterocycles. The van der Waals surface area contributed by atoms with Gasteiger partial charge < -0.3 is 14.2 Å². The van der Waals surface area contributed by atoms with Crippen LogP contribution < -0.4 is 0 Å². The standard InChI is InChI=1S/C26H35NO5/c1-5-30-22(29)25(15-27)26(32-25)13-10-21-19-7-6-17-14-18(31-16(2)28)8-11-23(17,3)20(19)9-12-24(21,26)4/h6,18-21H,5,7-14H2,1-4H3/t18-,19+,20+,21+,23+,24+,25+,26-/m1/s1. The van der Waals surface area contributed by atoms with Gasteiger partial charge in [-0.2, -0.15) is 5.26 Å². The summed E-state index contributed by atoms with van der Waals surface area (Å²) < 4.78 is 17.0. The van der Waals surface area contributed by atoms with Crippen LogP contribution in [0, 0.1) is 39.9 Å². The lowest BCUT2D eigenvalue weighted by molar-refractivity contribution is -0.149. The molecule has 0 aromatic heterocycles. The molecule has 1 aliphatic heterocycles. The van der Waals surface area contributed by atoms with Gasteiger partial charge in [0, 0.05) is 18.8 Å². The molecule has 0 N–H and O–H groups in total. The van der Waals surface area contributed by atoms with Crippen molar-refractivity contribution in [2.45, 2.75) is 96.4 Å². The van der Waals surface area contributed by atoms with Gasteiger partial charge in [0.05, 0.1) is 6.61 Å². The van der Waals surface area contributed by atoms with Gasteiger partial charge in [0.1, 0.15) is 17.8 Å². The van der Waals surface area contributed by atoms with Gasteiger partial charge in [-0.3, -0.25) is 4.79 Å². The number of fused-ring (bicyclic) bond motifs is 6. The van der Waals surface area contributed by atoms with Crippen molar-refractivity contribution in [2.24, 2.45) is 28.6 Å². The molecule has 0 bridgehead atoms. The molecule has 4 fully saturated rings. The summed E-state index contributed by atoms with van der Waals surface area (Å²) in [6, 6.07) is 2.22. The van der Waals surface area contributed by atoms with Crippen LogP contribution >= 0.6 is 0 Å². The number of ether oxygens (including phenoxy) is 3. The van der Waals surface area contributed by atoms with E-state index in [1.54, 1.807) is 6.92 Å². The Bertz CT molecular complexity index is 922. The van der Waals surface area contributed by atoms with Crippen molar-refractivity contribution in [2.75, 3.05) is 6.61 Å². The van der Waals surface area contributed by atoms with Crippen LogP contribution in [0.5, 0.6) is 0 Å². The van der Waals surface area contributed by atoms with Crippen molar-refractivity contribution in [1.82, 2.24) is 0 Å². The van der Waals surface area contributed by atoms with E-state index in [1.165, 1.54) is 12.5 Å².